The normalized spacial score (nSPS) is 14.0. The van der Waals surface area contributed by atoms with E-state index in [9.17, 15) is 9.59 Å². The molecular weight excluding hydrogens is 368 g/mol. The third-order valence-electron chi connectivity index (χ3n) is 4.34. The standard InChI is InChI=1S/C18H23ClN6O2/c19-14-8-6-13(7-9-14)16(27)20-10-4-5-15(26)21-17-22-18(24-23-17)25-11-2-1-3-12-25/h6-9H,1-5,10-12H2,(H,20,27)(H2,21,22,23,24,26). The van der Waals surface area contributed by atoms with Gasteiger partial charge in [0.25, 0.3) is 5.91 Å². The quantitative estimate of drug-likeness (QED) is 0.630. The minimum Gasteiger partial charge on any atom is -0.352 e. The fraction of sp³-hybridized carbons (Fsp3) is 0.444. The van der Waals surface area contributed by atoms with Crippen molar-refractivity contribution in [1.82, 2.24) is 20.5 Å². The molecule has 0 atom stereocenters. The van der Waals surface area contributed by atoms with Gasteiger partial charge in [0.2, 0.25) is 17.8 Å². The summed E-state index contributed by atoms with van der Waals surface area (Å²) >= 11 is 5.80. The molecule has 3 rings (SSSR count). The van der Waals surface area contributed by atoms with Gasteiger partial charge in [-0.05, 0) is 49.9 Å². The van der Waals surface area contributed by atoms with E-state index in [0.717, 1.165) is 25.9 Å². The molecule has 8 nitrogen and oxygen atoms in total. The summed E-state index contributed by atoms with van der Waals surface area (Å²) in [6.07, 6.45) is 4.31. The number of hydrogen-bond acceptors (Lipinski definition) is 5. The first-order chi connectivity index (χ1) is 13.1. The highest BCUT2D eigenvalue weighted by atomic mass is 35.5. The molecule has 0 bridgehead atoms. The van der Waals surface area contributed by atoms with E-state index in [2.05, 4.69) is 30.7 Å². The molecule has 1 fully saturated rings. The Morgan fingerprint density at radius 1 is 1.15 bits per heavy atom. The van der Waals surface area contributed by atoms with Crippen LogP contribution in [0.2, 0.25) is 5.02 Å². The number of carbonyl (C=O) groups excluding carboxylic acids is 2. The van der Waals surface area contributed by atoms with Crippen molar-refractivity contribution in [1.29, 1.82) is 0 Å². The SMILES string of the molecule is O=C(CCCNC(=O)c1ccc(Cl)cc1)Nc1nc(N2CCCCC2)n[nH]1. The Labute approximate surface area is 162 Å². The van der Waals surface area contributed by atoms with Crippen LogP contribution >= 0.6 is 11.6 Å². The van der Waals surface area contributed by atoms with Crippen LogP contribution in [0.15, 0.2) is 24.3 Å². The van der Waals surface area contributed by atoms with Crippen molar-refractivity contribution in [3.05, 3.63) is 34.9 Å². The number of rotatable bonds is 7. The average molecular weight is 391 g/mol. The number of piperidine rings is 1. The molecule has 2 heterocycles. The Kier molecular flexibility index (Phi) is 6.64. The van der Waals surface area contributed by atoms with Crippen LogP contribution in [0, 0.1) is 0 Å². The van der Waals surface area contributed by atoms with E-state index in [1.165, 1.54) is 6.42 Å². The molecule has 0 spiro atoms. The molecule has 1 aromatic heterocycles. The molecule has 0 aliphatic carbocycles. The Balaban J connectivity index is 1.36. The predicted molar refractivity (Wildman–Crippen MR) is 104 cm³/mol. The largest absolute Gasteiger partial charge is 0.352 e. The van der Waals surface area contributed by atoms with Crippen LogP contribution in [0.1, 0.15) is 42.5 Å². The third kappa shape index (κ3) is 5.68. The van der Waals surface area contributed by atoms with Gasteiger partial charge in [-0.1, -0.05) is 11.6 Å². The van der Waals surface area contributed by atoms with Crippen LogP contribution in [0.4, 0.5) is 11.9 Å². The van der Waals surface area contributed by atoms with E-state index >= 15 is 0 Å². The van der Waals surface area contributed by atoms with Crippen molar-refractivity contribution in [3.63, 3.8) is 0 Å². The number of benzene rings is 1. The van der Waals surface area contributed by atoms with Crippen molar-refractivity contribution in [2.24, 2.45) is 0 Å². The highest BCUT2D eigenvalue weighted by molar-refractivity contribution is 6.30. The van der Waals surface area contributed by atoms with Gasteiger partial charge in [-0.25, -0.2) is 5.10 Å². The number of nitrogens with zero attached hydrogens (tertiary/aromatic N) is 3. The van der Waals surface area contributed by atoms with E-state index < -0.39 is 0 Å². The zero-order valence-electron chi connectivity index (χ0n) is 15.0. The molecule has 2 amide bonds. The Morgan fingerprint density at radius 2 is 1.89 bits per heavy atom. The van der Waals surface area contributed by atoms with Crippen LogP contribution in [-0.4, -0.2) is 46.6 Å². The first-order valence-electron chi connectivity index (χ1n) is 9.13. The Bertz CT molecular complexity index is 770. The van der Waals surface area contributed by atoms with Gasteiger partial charge in [0.1, 0.15) is 0 Å². The second-order valence-electron chi connectivity index (χ2n) is 6.45. The maximum absolute atomic E-state index is 12.0. The summed E-state index contributed by atoms with van der Waals surface area (Å²) in [4.78, 5) is 30.4. The van der Waals surface area contributed by atoms with Crippen LogP contribution in [0.5, 0.6) is 0 Å². The van der Waals surface area contributed by atoms with E-state index in [1.54, 1.807) is 24.3 Å². The second kappa shape index (κ2) is 9.36. The molecule has 2 aromatic rings. The van der Waals surface area contributed by atoms with Gasteiger partial charge in [0.05, 0.1) is 0 Å². The van der Waals surface area contributed by atoms with E-state index in [4.69, 9.17) is 11.6 Å². The lowest BCUT2D eigenvalue weighted by atomic mass is 10.1. The smallest absolute Gasteiger partial charge is 0.251 e. The topological polar surface area (TPSA) is 103 Å². The molecule has 0 saturated carbocycles. The van der Waals surface area contributed by atoms with Crippen molar-refractivity contribution >= 4 is 35.3 Å². The van der Waals surface area contributed by atoms with Gasteiger partial charge >= 0.3 is 0 Å². The summed E-state index contributed by atoms with van der Waals surface area (Å²) in [7, 11) is 0. The zero-order chi connectivity index (χ0) is 19.1. The summed E-state index contributed by atoms with van der Waals surface area (Å²) in [5.41, 5.74) is 0.538. The molecule has 3 N–H and O–H groups in total. The van der Waals surface area contributed by atoms with Gasteiger partial charge in [-0.2, -0.15) is 4.98 Å². The third-order valence-corrected chi connectivity index (χ3v) is 4.59. The molecule has 9 heteroatoms. The molecule has 1 aliphatic rings. The number of nitrogens with one attached hydrogen (secondary N) is 3. The number of aromatic nitrogens is 3. The Morgan fingerprint density at radius 3 is 2.63 bits per heavy atom. The zero-order valence-corrected chi connectivity index (χ0v) is 15.8. The highest BCUT2D eigenvalue weighted by Crippen LogP contribution is 2.16. The van der Waals surface area contributed by atoms with Crippen molar-refractivity contribution < 1.29 is 9.59 Å². The highest BCUT2D eigenvalue weighted by Gasteiger charge is 2.16. The number of carbonyl (C=O) groups is 2. The molecule has 1 aliphatic heterocycles. The summed E-state index contributed by atoms with van der Waals surface area (Å²) in [5.74, 6) is 0.622. The van der Waals surface area contributed by atoms with Crippen LogP contribution < -0.4 is 15.5 Å². The number of amides is 2. The fourth-order valence-corrected chi connectivity index (χ4v) is 3.02. The first kappa shape index (κ1) is 19.2. The van der Waals surface area contributed by atoms with Gasteiger partial charge in [0, 0.05) is 36.6 Å². The molecule has 0 radical (unpaired) electrons. The van der Waals surface area contributed by atoms with Crippen LogP contribution in [0.25, 0.3) is 0 Å². The van der Waals surface area contributed by atoms with Crippen LogP contribution in [0.3, 0.4) is 0 Å². The van der Waals surface area contributed by atoms with Gasteiger partial charge < -0.3 is 10.2 Å². The lowest BCUT2D eigenvalue weighted by Gasteiger charge is -2.24. The maximum atomic E-state index is 12.0. The predicted octanol–water partition coefficient (Wildman–Crippen LogP) is 2.60. The molecule has 144 valence electrons. The minimum atomic E-state index is -0.187. The van der Waals surface area contributed by atoms with Crippen LogP contribution in [-0.2, 0) is 4.79 Å². The number of H-pyrrole nitrogens is 1. The second-order valence-corrected chi connectivity index (χ2v) is 6.88. The molecular formula is C18H23ClN6O2. The lowest BCUT2D eigenvalue weighted by Crippen LogP contribution is -2.30. The maximum Gasteiger partial charge on any atom is 0.251 e. The summed E-state index contributed by atoms with van der Waals surface area (Å²) in [5, 5.41) is 13.0. The number of hydrogen-bond donors (Lipinski definition) is 3. The number of aromatic amines is 1. The van der Waals surface area contributed by atoms with E-state index in [1.807, 2.05) is 0 Å². The van der Waals surface area contributed by atoms with Gasteiger partial charge in [-0.15, -0.1) is 5.10 Å². The average Bonchev–Trinajstić information content (AvgIpc) is 3.15. The molecule has 1 saturated heterocycles. The van der Waals surface area contributed by atoms with Crippen molar-refractivity contribution in [2.75, 3.05) is 29.9 Å². The Hall–Kier alpha value is -2.61. The minimum absolute atomic E-state index is 0.169. The van der Waals surface area contributed by atoms with Crippen molar-refractivity contribution in [2.45, 2.75) is 32.1 Å². The number of anilines is 2. The lowest BCUT2D eigenvalue weighted by molar-refractivity contribution is -0.116. The van der Waals surface area contributed by atoms with Crippen molar-refractivity contribution in [3.8, 4) is 0 Å². The monoisotopic (exact) mass is 390 g/mol. The summed E-state index contributed by atoms with van der Waals surface area (Å²) < 4.78 is 0. The molecule has 27 heavy (non-hydrogen) atoms. The fourth-order valence-electron chi connectivity index (χ4n) is 2.89. The first-order valence-corrected chi connectivity index (χ1v) is 9.50. The number of halogens is 1. The van der Waals surface area contributed by atoms with Gasteiger partial charge in [0.15, 0.2) is 0 Å². The molecule has 1 aromatic carbocycles. The van der Waals surface area contributed by atoms with E-state index in [-0.39, 0.29) is 18.2 Å². The summed E-state index contributed by atoms with van der Waals surface area (Å²) in [6.45, 7) is 2.29. The van der Waals surface area contributed by atoms with Gasteiger partial charge in [-0.3, -0.25) is 14.9 Å². The summed E-state index contributed by atoms with van der Waals surface area (Å²) in [6, 6.07) is 6.65. The van der Waals surface area contributed by atoms with E-state index in [0.29, 0.717) is 35.4 Å². The molecule has 0 unspecified atom stereocenters.